The number of hydrogen-bond donors (Lipinski definition) is 1. The van der Waals surface area contributed by atoms with Crippen molar-refractivity contribution in [2.24, 2.45) is 0 Å². The highest BCUT2D eigenvalue weighted by atomic mass is 79.9. The van der Waals surface area contributed by atoms with Gasteiger partial charge >= 0.3 is 0 Å². The van der Waals surface area contributed by atoms with Gasteiger partial charge in [-0.25, -0.2) is 0 Å². The van der Waals surface area contributed by atoms with Crippen molar-refractivity contribution in [3.05, 3.63) is 29.8 Å². The van der Waals surface area contributed by atoms with Crippen LogP contribution in [0.5, 0.6) is 0 Å². The summed E-state index contributed by atoms with van der Waals surface area (Å²) >= 11 is 11.7. The lowest BCUT2D eigenvalue weighted by Gasteiger charge is -2.08. The summed E-state index contributed by atoms with van der Waals surface area (Å²) in [5.74, 6) is -0.151. The predicted molar refractivity (Wildman–Crippen MR) is 71.8 cm³/mol. The first-order chi connectivity index (χ1) is 7.54. The third kappa shape index (κ3) is 3.88. The van der Waals surface area contributed by atoms with Crippen LogP contribution in [0, 0.1) is 0 Å². The summed E-state index contributed by atoms with van der Waals surface area (Å²) in [6.45, 7) is 0. The van der Waals surface area contributed by atoms with Gasteiger partial charge in [0.15, 0.2) is 0 Å². The molecule has 1 aromatic carbocycles. The highest BCUT2D eigenvalue weighted by Crippen LogP contribution is 2.13. The Morgan fingerprint density at radius 1 is 1.31 bits per heavy atom. The Labute approximate surface area is 115 Å². The fraction of sp³-hybridized carbons (Fsp3) is 0.200. The molecule has 0 radical (unpaired) electrons. The second kappa shape index (κ2) is 6.37. The summed E-state index contributed by atoms with van der Waals surface area (Å²) in [4.78, 5) is 22.0. The molecule has 1 unspecified atom stereocenters. The molecule has 0 spiro atoms. The summed E-state index contributed by atoms with van der Waals surface area (Å²) in [7, 11) is 0. The second-order valence-electron chi connectivity index (χ2n) is 2.96. The number of carbonyl (C=O) groups excluding carboxylic acids is 2. The molecule has 1 atom stereocenters. The lowest BCUT2D eigenvalue weighted by atomic mass is 10.2. The highest BCUT2D eigenvalue weighted by molar-refractivity contribution is 9.12. The average molecular weight is 369 g/mol. The van der Waals surface area contributed by atoms with Gasteiger partial charge in [0.1, 0.15) is 4.83 Å². The number of rotatable bonds is 4. The van der Waals surface area contributed by atoms with Crippen molar-refractivity contribution in [2.75, 3.05) is 10.6 Å². The topological polar surface area (TPSA) is 46.2 Å². The van der Waals surface area contributed by atoms with E-state index in [0.717, 1.165) is 0 Å². The van der Waals surface area contributed by atoms with E-state index in [4.69, 9.17) is 11.6 Å². The Hall–Kier alpha value is -0.390. The van der Waals surface area contributed by atoms with Crippen molar-refractivity contribution in [1.29, 1.82) is 0 Å². The fourth-order valence-corrected chi connectivity index (χ4v) is 1.51. The summed E-state index contributed by atoms with van der Waals surface area (Å²) in [5, 5.41) is 2.70. The second-order valence-corrected chi connectivity index (χ2v) is 5.06. The van der Waals surface area contributed by atoms with E-state index in [2.05, 4.69) is 37.2 Å². The Kier molecular flexibility index (Phi) is 5.44. The van der Waals surface area contributed by atoms with E-state index in [-0.39, 0.29) is 10.7 Å². The van der Waals surface area contributed by atoms with Gasteiger partial charge in [0.2, 0.25) is 5.91 Å². The van der Waals surface area contributed by atoms with Crippen LogP contribution in [-0.4, -0.2) is 21.3 Å². The van der Waals surface area contributed by atoms with Crippen LogP contribution < -0.4 is 5.32 Å². The van der Waals surface area contributed by atoms with E-state index in [9.17, 15) is 9.59 Å². The molecule has 16 heavy (non-hydrogen) atoms. The van der Waals surface area contributed by atoms with Gasteiger partial charge in [0, 0.05) is 16.6 Å². The number of alkyl halides is 2. The third-order valence-electron chi connectivity index (χ3n) is 1.80. The van der Waals surface area contributed by atoms with E-state index in [1.807, 2.05) is 0 Å². The lowest BCUT2D eigenvalue weighted by molar-refractivity contribution is -0.115. The molecule has 0 bridgehead atoms. The van der Waals surface area contributed by atoms with Gasteiger partial charge in [-0.15, -0.1) is 0 Å². The first-order valence-corrected chi connectivity index (χ1v) is 6.77. The molecular weight excluding hydrogens is 361 g/mol. The number of anilines is 1. The number of carbonyl (C=O) groups is 2. The molecule has 1 N–H and O–H groups in total. The first kappa shape index (κ1) is 13.7. The zero-order valence-electron chi connectivity index (χ0n) is 8.04. The summed E-state index contributed by atoms with van der Waals surface area (Å²) < 4.78 is 0. The number of halogens is 3. The molecule has 0 fully saturated rings. The standard InChI is InChI=1S/C10H8Br2ClNO2/c11-5-8(12)10(16)14-7-3-1-6(2-4-7)9(13)15/h1-4,8H,5H2,(H,14,16). The maximum atomic E-state index is 11.5. The minimum atomic E-state index is -0.517. The van der Waals surface area contributed by atoms with Gasteiger partial charge in [-0.2, -0.15) is 0 Å². The Morgan fingerprint density at radius 3 is 2.31 bits per heavy atom. The van der Waals surface area contributed by atoms with Gasteiger partial charge in [0.05, 0.1) is 0 Å². The molecule has 0 aromatic heterocycles. The van der Waals surface area contributed by atoms with Crippen LogP contribution in [-0.2, 0) is 4.79 Å². The normalized spacial score (nSPS) is 11.9. The van der Waals surface area contributed by atoms with Crippen molar-refractivity contribution in [1.82, 2.24) is 0 Å². The van der Waals surface area contributed by atoms with Crippen molar-refractivity contribution in [3.63, 3.8) is 0 Å². The van der Waals surface area contributed by atoms with E-state index in [1.165, 1.54) is 0 Å². The summed E-state index contributed by atoms with van der Waals surface area (Å²) in [5.41, 5.74) is 1.02. The van der Waals surface area contributed by atoms with Crippen molar-refractivity contribution in [3.8, 4) is 0 Å². The van der Waals surface area contributed by atoms with E-state index in [0.29, 0.717) is 16.6 Å². The molecule has 0 aliphatic rings. The van der Waals surface area contributed by atoms with Crippen LogP contribution >= 0.6 is 43.5 Å². The van der Waals surface area contributed by atoms with Gasteiger partial charge in [0.25, 0.3) is 5.24 Å². The van der Waals surface area contributed by atoms with Crippen molar-refractivity contribution < 1.29 is 9.59 Å². The Bertz CT molecular complexity index is 394. The van der Waals surface area contributed by atoms with Crippen LogP contribution in [0.15, 0.2) is 24.3 Å². The van der Waals surface area contributed by atoms with Crippen LogP contribution in [0.2, 0.25) is 0 Å². The molecule has 86 valence electrons. The van der Waals surface area contributed by atoms with Crippen molar-refractivity contribution in [2.45, 2.75) is 4.83 Å². The Morgan fingerprint density at radius 2 is 1.88 bits per heavy atom. The van der Waals surface area contributed by atoms with Gasteiger partial charge in [-0.05, 0) is 35.9 Å². The largest absolute Gasteiger partial charge is 0.325 e. The molecule has 0 heterocycles. The third-order valence-corrected chi connectivity index (χ3v) is 4.27. The van der Waals surface area contributed by atoms with Crippen LogP contribution in [0.3, 0.4) is 0 Å². The molecule has 0 aliphatic carbocycles. The zero-order chi connectivity index (χ0) is 12.1. The molecule has 1 aromatic rings. The van der Waals surface area contributed by atoms with E-state index < -0.39 is 5.24 Å². The molecular formula is C10H8Br2ClNO2. The molecule has 0 saturated heterocycles. The zero-order valence-corrected chi connectivity index (χ0v) is 12.0. The van der Waals surface area contributed by atoms with Crippen molar-refractivity contribution >= 4 is 60.3 Å². The average Bonchev–Trinajstić information content (AvgIpc) is 2.28. The SMILES string of the molecule is O=C(Cl)c1ccc(NC(=O)C(Br)CBr)cc1. The molecule has 1 amide bonds. The quantitative estimate of drug-likeness (QED) is 0.655. The summed E-state index contributed by atoms with van der Waals surface area (Å²) in [6, 6.07) is 6.37. The minimum absolute atomic E-state index is 0.151. The predicted octanol–water partition coefficient (Wildman–Crippen LogP) is 3.16. The molecule has 6 heteroatoms. The van der Waals surface area contributed by atoms with E-state index in [1.54, 1.807) is 24.3 Å². The molecule has 3 nitrogen and oxygen atoms in total. The highest BCUT2D eigenvalue weighted by Gasteiger charge is 2.13. The van der Waals surface area contributed by atoms with Gasteiger partial charge < -0.3 is 5.32 Å². The number of amides is 1. The van der Waals surface area contributed by atoms with Gasteiger partial charge in [-0.3, -0.25) is 9.59 Å². The number of hydrogen-bond acceptors (Lipinski definition) is 2. The smallest absolute Gasteiger partial charge is 0.252 e. The molecule has 0 saturated carbocycles. The van der Waals surface area contributed by atoms with Crippen LogP contribution in [0.25, 0.3) is 0 Å². The minimum Gasteiger partial charge on any atom is -0.325 e. The molecule has 1 rings (SSSR count). The number of benzene rings is 1. The maximum absolute atomic E-state index is 11.5. The maximum Gasteiger partial charge on any atom is 0.252 e. The van der Waals surface area contributed by atoms with Gasteiger partial charge in [-0.1, -0.05) is 31.9 Å². The fourth-order valence-electron chi connectivity index (χ4n) is 0.975. The van der Waals surface area contributed by atoms with Crippen LogP contribution in [0.4, 0.5) is 5.69 Å². The Balaban J connectivity index is 2.69. The molecule has 0 aliphatic heterocycles. The summed E-state index contributed by atoms with van der Waals surface area (Å²) in [6.07, 6.45) is 0. The monoisotopic (exact) mass is 367 g/mol. The lowest BCUT2D eigenvalue weighted by Crippen LogP contribution is -2.23. The van der Waals surface area contributed by atoms with Crippen LogP contribution in [0.1, 0.15) is 10.4 Å². The number of nitrogens with one attached hydrogen (secondary N) is 1. The van der Waals surface area contributed by atoms with E-state index >= 15 is 0 Å². The first-order valence-electron chi connectivity index (χ1n) is 4.35.